The van der Waals surface area contributed by atoms with E-state index in [1.807, 2.05) is 12.1 Å². The van der Waals surface area contributed by atoms with Crippen LogP contribution in [0.1, 0.15) is 18.1 Å². The fourth-order valence-electron chi connectivity index (χ4n) is 3.04. The van der Waals surface area contributed by atoms with Crippen LogP contribution in [0.2, 0.25) is 5.02 Å². The zero-order valence-electron chi connectivity index (χ0n) is 15.9. The zero-order chi connectivity index (χ0) is 21.3. The van der Waals surface area contributed by atoms with Crippen molar-refractivity contribution in [2.75, 3.05) is 5.32 Å². The van der Waals surface area contributed by atoms with Crippen LogP contribution in [0.5, 0.6) is 0 Å². The Bertz CT molecular complexity index is 1240. The van der Waals surface area contributed by atoms with Crippen molar-refractivity contribution in [3.8, 4) is 0 Å². The molecule has 1 amide bonds. The molecule has 0 saturated heterocycles. The largest absolute Gasteiger partial charge is 0.309 e. The number of aliphatic imine (C=N–C) groups is 1. The number of rotatable bonds is 5. The summed E-state index contributed by atoms with van der Waals surface area (Å²) < 4.78 is 28.4. The standard InChI is InChI=1S/C20H18ClN5O3S/c1-13(23-19-16-4-2-3-5-17(16)30(28,29)25-19)20(27)24-18-10-11-22-26(18)12-14-6-8-15(21)9-7-14/h2-11,13H,12H2,1H3,(H,23,25)(H,24,27)/t13-/m0/s1. The SMILES string of the molecule is C[C@H](N=C1NS(=O)(=O)c2ccccc21)C(=O)Nc1ccnn1Cc1ccc(Cl)cc1. The first-order valence-corrected chi connectivity index (χ1v) is 11.0. The number of hydrogen-bond donors (Lipinski definition) is 2. The van der Waals surface area contributed by atoms with Gasteiger partial charge in [0.15, 0.2) is 0 Å². The quantitative estimate of drug-likeness (QED) is 0.632. The first-order chi connectivity index (χ1) is 14.3. The fourth-order valence-corrected chi connectivity index (χ4v) is 4.41. The van der Waals surface area contributed by atoms with Gasteiger partial charge in [0.05, 0.1) is 17.6 Å². The molecule has 30 heavy (non-hydrogen) atoms. The van der Waals surface area contributed by atoms with Gasteiger partial charge in [0.25, 0.3) is 10.0 Å². The number of amides is 1. The lowest BCUT2D eigenvalue weighted by Gasteiger charge is -2.12. The lowest BCUT2D eigenvalue weighted by molar-refractivity contribution is -0.117. The molecule has 1 atom stereocenters. The predicted octanol–water partition coefficient (Wildman–Crippen LogP) is 2.65. The van der Waals surface area contributed by atoms with Crippen LogP contribution >= 0.6 is 11.6 Å². The van der Waals surface area contributed by atoms with Crippen molar-refractivity contribution in [2.24, 2.45) is 4.99 Å². The van der Waals surface area contributed by atoms with E-state index in [0.717, 1.165) is 5.56 Å². The molecule has 4 rings (SSSR count). The highest BCUT2D eigenvalue weighted by atomic mass is 35.5. The summed E-state index contributed by atoms with van der Waals surface area (Å²) in [6.45, 7) is 2.05. The maximum atomic E-state index is 12.7. The number of aromatic nitrogens is 2. The van der Waals surface area contributed by atoms with Gasteiger partial charge in [-0.15, -0.1) is 0 Å². The Morgan fingerprint density at radius 1 is 1.20 bits per heavy atom. The van der Waals surface area contributed by atoms with Gasteiger partial charge < -0.3 is 5.32 Å². The summed E-state index contributed by atoms with van der Waals surface area (Å²) in [5, 5.41) is 7.67. The van der Waals surface area contributed by atoms with Gasteiger partial charge in [-0.05, 0) is 36.8 Å². The van der Waals surface area contributed by atoms with Crippen LogP contribution in [0.15, 0.2) is 70.7 Å². The molecule has 0 spiro atoms. The first kappa shape index (κ1) is 20.1. The van der Waals surface area contributed by atoms with Crippen molar-refractivity contribution in [1.82, 2.24) is 14.5 Å². The minimum Gasteiger partial charge on any atom is -0.309 e. The summed E-state index contributed by atoms with van der Waals surface area (Å²) >= 11 is 5.91. The first-order valence-electron chi connectivity index (χ1n) is 9.10. The molecule has 154 valence electrons. The molecule has 8 nitrogen and oxygen atoms in total. The van der Waals surface area contributed by atoms with Crippen LogP contribution in [-0.4, -0.2) is 36.0 Å². The number of halogens is 1. The number of carbonyl (C=O) groups is 1. The van der Waals surface area contributed by atoms with Crippen LogP contribution in [0.4, 0.5) is 5.82 Å². The fraction of sp³-hybridized carbons (Fsp3) is 0.150. The van der Waals surface area contributed by atoms with Crippen molar-refractivity contribution in [3.63, 3.8) is 0 Å². The number of amidine groups is 1. The van der Waals surface area contributed by atoms with Gasteiger partial charge >= 0.3 is 0 Å². The molecular weight excluding hydrogens is 426 g/mol. The van der Waals surface area contributed by atoms with Crippen molar-refractivity contribution < 1.29 is 13.2 Å². The van der Waals surface area contributed by atoms with E-state index in [2.05, 4.69) is 20.1 Å². The van der Waals surface area contributed by atoms with E-state index < -0.39 is 16.1 Å². The number of carbonyl (C=O) groups excluding carboxylic acids is 1. The highest BCUT2D eigenvalue weighted by molar-refractivity contribution is 7.90. The number of sulfonamides is 1. The van der Waals surface area contributed by atoms with Gasteiger partial charge in [0.1, 0.15) is 17.7 Å². The zero-order valence-corrected chi connectivity index (χ0v) is 17.5. The molecule has 0 fully saturated rings. The average molecular weight is 444 g/mol. The van der Waals surface area contributed by atoms with Gasteiger partial charge in [-0.25, -0.2) is 13.1 Å². The Balaban J connectivity index is 1.50. The molecule has 0 aliphatic carbocycles. The second-order valence-corrected chi connectivity index (χ2v) is 8.83. The van der Waals surface area contributed by atoms with Gasteiger partial charge in [0, 0.05) is 16.7 Å². The van der Waals surface area contributed by atoms with Crippen molar-refractivity contribution >= 4 is 39.2 Å². The van der Waals surface area contributed by atoms with Gasteiger partial charge in [-0.1, -0.05) is 35.9 Å². The van der Waals surface area contributed by atoms with Gasteiger partial charge in [-0.2, -0.15) is 5.10 Å². The molecule has 2 heterocycles. The molecule has 2 N–H and O–H groups in total. The maximum absolute atomic E-state index is 12.7. The van der Waals surface area contributed by atoms with Crippen molar-refractivity contribution in [3.05, 3.63) is 76.9 Å². The number of nitrogens with one attached hydrogen (secondary N) is 2. The molecule has 0 unspecified atom stereocenters. The molecule has 1 aromatic heterocycles. The lowest BCUT2D eigenvalue weighted by atomic mass is 10.2. The van der Waals surface area contributed by atoms with E-state index in [4.69, 9.17) is 11.6 Å². The molecule has 1 aliphatic heterocycles. The van der Waals surface area contributed by atoms with Crippen LogP contribution in [0.25, 0.3) is 0 Å². The topological polar surface area (TPSA) is 105 Å². The van der Waals surface area contributed by atoms with E-state index in [0.29, 0.717) is 22.9 Å². The molecule has 2 aromatic carbocycles. The van der Waals surface area contributed by atoms with E-state index in [1.54, 1.807) is 54.2 Å². The minimum absolute atomic E-state index is 0.150. The third-order valence-corrected chi connectivity index (χ3v) is 6.23. The number of fused-ring (bicyclic) bond motifs is 1. The molecule has 10 heteroatoms. The summed E-state index contributed by atoms with van der Waals surface area (Å²) in [4.78, 5) is 17.1. The second kappa shape index (κ2) is 7.92. The number of benzene rings is 2. The summed E-state index contributed by atoms with van der Waals surface area (Å²) in [6, 6.07) is 14.7. The Kier molecular flexibility index (Phi) is 5.31. The summed E-state index contributed by atoms with van der Waals surface area (Å²) in [6.07, 6.45) is 1.59. The van der Waals surface area contributed by atoms with E-state index in [9.17, 15) is 13.2 Å². The molecule has 1 aliphatic rings. The molecule has 0 bridgehead atoms. The van der Waals surface area contributed by atoms with Crippen molar-refractivity contribution in [2.45, 2.75) is 24.4 Å². The van der Waals surface area contributed by atoms with E-state index in [-0.39, 0.29) is 16.6 Å². The summed E-state index contributed by atoms with van der Waals surface area (Å²) in [7, 11) is -3.66. The molecule has 0 saturated carbocycles. The summed E-state index contributed by atoms with van der Waals surface area (Å²) in [5.74, 6) is 0.279. The third kappa shape index (κ3) is 4.07. The van der Waals surface area contributed by atoms with Crippen LogP contribution in [-0.2, 0) is 21.4 Å². The minimum atomic E-state index is -3.66. The van der Waals surface area contributed by atoms with Gasteiger partial charge in [-0.3, -0.25) is 14.5 Å². The number of nitrogens with zero attached hydrogens (tertiary/aromatic N) is 3. The molecular formula is C20H18ClN5O3S. The number of hydrogen-bond acceptors (Lipinski definition) is 5. The highest BCUT2D eigenvalue weighted by Crippen LogP contribution is 2.22. The summed E-state index contributed by atoms with van der Waals surface area (Å²) in [5.41, 5.74) is 1.42. The van der Waals surface area contributed by atoms with Crippen LogP contribution < -0.4 is 10.0 Å². The van der Waals surface area contributed by atoms with Gasteiger partial charge in [0.2, 0.25) is 5.91 Å². The monoisotopic (exact) mass is 443 g/mol. The van der Waals surface area contributed by atoms with Crippen LogP contribution in [0.3, 0.4) is 0 Å². The van der Waals surface area contributed by atoms with Crippen LogP contribution in [0, 0.1) is 0 Å². The smallest absolute Gasteiger partial charge is 0.263 e. The lowest BCUT2D eigenvalue weighted by Crippen LogP contribution is -2.29. The molecule has 0 radical (unpaired) electrons. The van der Waals surface area contributed by atoms with Crippen molar-refractivity contribution in [1.29, 1.82) is 0 Å². The van der Waals surface area contributed by atoms with E-state index in [1.165, 1.54) is 6.07 Å². The van der Waals surface area contributed by atoms with E-state index >= 15 is 0 Å². The number of anilines is 1. The predicted molar refractivity (Wildman–Crippen MR) is 114 cm³/mol. The Hall–Kier alpha value is -3.17. The normalized spacial score (nSPS) is 16.7. The maximum Gasteiger partial charge on any atom is 0.263 e. The second-order valence-electron chi connectivity index (χ2n) is 6.75. The third-order valence-electron chi connectivity index (χ3n) is 4.58. The Morgan fingerprint density at radius 2 is 1.93 bits per heavy atom. The highest BCUT2D eigenvalue weighted by Gasteiger charge is 2.31. The Morgan fingerprint density at radius 3 is 2.70 bits per heavy atom. The average Bonchev–Trinajstić information content (AvgIpc) is 3.25. The molecule has 3 aromatic rings. The Labute approximate surface area is 178 Å².